The highest BCUT2D eigenvalue weighted by Gasteiger charge is 2.30. The third kappa shape index (κ3) is 3.21. The summed E-state index contributed by atoms with van der Waals surface area (Å²) in [6.07, 6.45) is 6.75. The molecule has 1 aromatic rings. The van der Waals surface area contributed by atoms with Gasteiger partial charge in [-0.3, -0.25) is 19.3 Å². The third-order valence-corrected chi connectivity index (χ3v) is 4.16. The van der Waals surface area contributed by atoms with E-state index in [4.69, 9.17) is 0 Å². The van der Waals surface area contributed by atoms with Gasteiger partial charge >= 0.3 is 6.03 Å². The summed E-state index contributed by atoms with van der Waals surface area (Å²) in [6.45, 7) is 3.11. The van der Waals surface area contributed by atoms with Gasteiger partial charge in [-0.15, -0.1) is 0 Å². The number of aromatic nitrogens is 3. The van der Waals surface area contributed by atoms with Crippen LogP contribution in [-0.4, -0.2) is 68.7 Å². The molecule has 2 fully saturated rings. The van der Waals surface area contributed by atoms with Crippen LogP contribution in [0.25, 0.3) is 0 Å². The first kappa shape index (κ1) is 14.0. The van der Waals surface area contributed by atoms with E-state index in [0.29, 0.717) is 12.6 Å². The molecule has 2 aliphatic heterocycles. The van der Waals surface area contributed by atoms with Crippen molar-refractivity contribution in [3.63, 3.8) is 0 Å². The van der Waals surface area contributed by atoms with E-state index < -0.39 is 0 Å². The lowest BCUT2D eigenvalue weighted by Crippen LogP contribution is -2.46. The summed E-state index contributed by atoms with van der Waals surface area (Å²) in [7, 11) is 0. The van der Waals surface area contributed by atoms with Crippen molar-refractivity contribution in [2.24, 2.45) is 0 Å². The molecule has 8 heteroatoms. The Kier molecular flexibility index (Phi) is 4.14. The molecule has 1 N–H and O–H groups in total. The van der Waals surface area contributed by atoms with Gasteiger partial charge in [0, 0.05) is 19.1 Å². The first-order valence-electron chi connectivity index (χ1n) is 7.38. The van der Waals surface area contributed by atoms with Gasteiger partial charge in [-0.25, -0.2) is 9.78 Å². The normalized spacial score (nSPS) is 23.6. The number of urea groups is 1. The van der Waals surface area contributed by atoms with E-state index >= 15 is 0 Å². The van der Waals surface area contributed by atoms with Crippen LogP contribution in [0, 0.1) is 0 Å². The first-order valence-corrected chi connectivity index (χ1v) is 7.38. The van der Waals surface area contributed by atoms with Crippen molar-refractivity contribution >= 4 is 11.9 Å². The van der Waals surface area contributed by atoms with Crippen LogP contribution >= 0.6 is 0 Å². The predicted octanol–water partition coefficient (Wildman–Crippen LogP) is -0.316. The highest BCUT2D eigenvalue weighted by Crippen LogP contribution is 2.18. The smallest absolute Gasteiger partial charge is 0.324 e. The van der Waals surface area contributed by atoms with E-state index in [0.717, 1.165) is 32.5 Å². The lowest BCUT2D eigenvalue weighted by atomic mass is 10.0. The standard InChI is InChI=1S/C13H20N6O2/c20-12-7-15-13(21)19(12)6-5-17-4-2-1-3-11(17)8-18-10-14-9-16-18/h9-11H,1-8H2,(H,15,21). The molecule has 2 aliphatic rings. The molecule has 0 saturated carbocycles. The Morgan fingerprint density at radius 3 is 2.90 bits per heavy atom. The van der Waals surface area contributed by atoms with Crippen molar-refractivity contribution in [2.45, 2.75) is 31.8 Å². The van der Waals surface area contributed by atoms with Crippen LogP contribution in [0.4, 0.5) is 4.79 Å². The van der Waals surface area contributed by atoms with Crippen LogP contribution in [0.5, 0.6) is 0 Å². The van der Waals surface area contributed by atoms with Crippen molar-refractivity contribution in [1.82, 2.24) is 29.9 Å². The molecule has 1 atom stereocenters. The van der Waals surface area contributed by atoms with E-state index in [-0.39, 0.29) is 18.5 Å². The summed E-state index contributed by atoms with van der Waals surface area (Å²) in [6, 6.07) is 0.117. The second-order valence-electron chi connectivity index (χ2n) is 5.51. The average molecular weight is 292 g/mol. The van der Waals surface area contributed by atoms with E-state index in [2.05, 4.69) is 20.3 Å². The molecule has 8 nitrogen and oxygen atoms in total. The maximum atomic E-state index is 11.6. The molecular weight excluding hydrogens is 272 g/mol. The predicted molar refractivity (Wildman–Crippen MR) is 74.3 cm³/mol. The molecular formula is C13H20N6O2. The molecule has 0 radical (unpaired) electrons. The van der Waals surface area contributed by atoms with Gasteiger partial charge in [-0.05, 0) is 19.4 Å². The maximum Gasteiger partial charge on any atom is 0.324 e. The molecule has 1 aromatic heterocycles. The van der Waals surface area contributed by atoms with Crippen LogP contribution in [0.1, 0.15) is 19.3 Å². The molecule has 0 spiro atoms. The molecule has 0 bridgehead atoms. The monoisotopic (exact) mass is 292 g/mol. The lowest BCUT2D eigenvalue weighted by Gasteiger charge is -2.36. The van der Waals surface area contributed by atoms with Crippen LogP contribution in [0.2, 0.25) is 0 Å². The molecule has 3 amide bonds. The number of carbonyl (C=O) groups excluding carboxylic acids is 2. The molecule has 3 rings (SSSR count). The topological polar surface area (TPSA) is 83.4 Å². The number of hydrogen-bond donors (Lipinski definition) is 1. The summed E-state index contributed by atoms with van der Waals surface area (Å²) in [4.78, 5) is 30.8. The van der Waals surface area contributed by atoms with Gasteiger partial charge in [-0.1, -0.05) is 6.42 Å². The van der Waals surface area contributed by atoms with Crippen molar-refractivity contribution in [3.8, 4) is 0 Å². The molecule has 0 aromatic carbocycles. The SMILES string of the molecule is O=C1CNC(=O)N1CCN1CCCCC1Cn1cncn1. The van der Waals surface area contributed by atoms with E-state index in [9.17, 15) is 9.59 Å². The Balaban J connectivity index is 1.56. The van der Waals surface area contributed by atoms with Crippen molar-refractivity contribution < 1.29 is 9.59 Å². The van der Waals surface area contributed by atoms with Crippen LogP contribution in [0.3, 0.4) is 0 Å². The lowest BCUT2D eigenvalue weighted by molar-refractivity contribution is -0.125. The van der Waals surface area contributed by atoms with Gasteiger partial charge in [0.2, 0.25) is 5.91 Å². The third-order valence-electron chi connectivity index (χ3n) is 4.16. The number of imide groups is 1. The Hall–Kier alpha value is -1.96. The minimum Gasteiger partial charge on any atom is -0.329 e. The maximum absolute atomic E-state index is 11.6. The molecule has 0 aliphatic carbocycles. The quantitative estimate of drug-likeness (QED) is 0.752. The highest BCUT2D eigenvalue weighted by atomic mass is 16.2. The second-order valence-corrected chi connectivity index (χ2v) is 5.51. The number of nitrogens with zero attached hydrogens (tertiary/aromatic N) is 5. The summed E-state index contributed by atoms with van der Waals surface area (Å²) in [5.41, 5.74) is 0. The fourth-order valence-corrected chi connectivity index (χ4v) is 3.01. The second kappa shape index (κ2) is 6.21. The number of carbonyl (C=O) groups is 2. The fourth-order valence-electron chi connectivity index (χ4n) is 3.01. The summed E-state index contributed by atoms with van der Waals surface area (Å²) in [5, 5.41) is 6.71. The van der Waals surface area contributed by atoms with Crippen molar-refractivity contribution in [1.29, 1.82) is 0 Å². The Morgan fingerprint density at radius 1 is 1.29 bits per heavy atom. The summed E-state index contributed by atoms with van der Waals surface area (Å²) < 4.78 is 1.84. The molecule has 3 heterocycles. The number of amides is 3. The zero-order valence-corrected chi connectivity index (χ0v) is 11.9. The minimum absolute atomic E-state index is 0.126. The number of nitrogens with one attached hydrogen (secondary N) is 1. The molecule has 2 saturated heterocycles. The van der Waals surface area contributed by atoms with Gasteiger partial charge < -0.3 is 5.32 Å². The van der Waals surface area contributed by atoms with Crippen molar-refractivity contribution in [3.05, 3.63) is 12.7 Å². The van der Waals surface area contributed by atoms with Crippen LogP contribution in [-0.2, 0) is 11.3 Å². The van der Waals surface area contributed by atoms with Gasteiger partial charge in [0.25, 0.3) is 0 Å². The largest absolute Gasteiger partial charge is 0.329 e. The number of rotatable bonds is 5. The van der Waals surface area contributed by atoms with Gasteiger partial charge in [0.1, 0.15) is 12.7 Å². The number of piperidine rings is 1. The average Bonchev–Trinajstić information content (AvgIpc) is 3.10. The Bertz CT molecular complexity index is 487. The fraction of sp³-hybridized carbons (Fsp3) is 0.692. The number of hydrogen-bond acceptors (Lipinski definition) is 5. The summed E-state index contributed by atoms with van der Waals surface area (Å²) >= 11 is 0. The zero-order chi connectivity index (χ0) is 14.7. The van der Waals surface area contributed by atoms with Crippen LogP contribution in [0.15, 0.2) is 12.7 Å². The van der Waals surface area contributed by atoms with E-state index in [1.807, 2.05) is 4.68 Å². The van der Waals surface area contributed by atoms with Crippen molar-refractivity contribution in [2.75, 3.05) is 26.2 Å². The van der Waals surface area contributed by atoms with E-state index in [1.165, 1.54) is 11.3 Å². The van der Waals surface area contributed by atoms with E-state index in [1.54, 1.807) is 12.7 Å². The summed E-state index contributed by atoms with van der Waals surface area (Å²) in [5.74, 6) is -0.134. The Labute approximate surface area is 123 Å². The van der Waals surface area contributed by atoms with Gasteiger partial charge in [-0.2, -0.15) is 5.10 Å². The molecule has 1 unspecified atom stereocenters. The Morgan fingerprint density at radius 2 is 2.19 bits per heavy atom. The van der Waals surface area contributed by atoms with Gasteiger partial charge in [0.05, 0.1) is 13.1 Å². The minimum atomic E-state index is -0.273. The highest BCUT2D eigenvalue weighted by molar-refractivity contribution is 6.01. The zero-order valence-electron chi connectivity index (χ0n) is 11.9. The first-order chi connectivity index (χ1) is 10.2. The molecule has 21 heavy (non-hydrogen) atoms. The van der Waals surface area contributed by atoms with Crippen LogP contribution < -0.4 is 5.32 Å². The number of likely N-dealkylation sites (tertiary alicyclic amines) is 1. The van der Waals surface area contributed by atoms with Gasteiger partial charge in [0.15, 0.2) is 0 Å². The molecule has 114 valence electrons.